The summed E-state index contributed by atoms with van der Waals surface area (Å²) in [7, 11) is 0. The number of amides is 1. The van der Waals surface area contributed by atoms with E-state index in [1.165, 1.54) is 18.4 Å². The third kappa shape index (κ3) is 3.81. The highest BCUT2D eigenvalue weighted by atomic mass is 16.5. The van der Waals surface area contributed by atoms with E-state index in [-0.39, 0.29) is 5.91 Å². The Hall–Kier alpha value is -1.79. The molecule has 1 saturated heterocycles. The topological polar surface area (TPSA) is 58.6 Å². The molecule has 3 aliphatic rings. The maximum absolute atomic E-state index is 11.6. The lowest BCUT2D eigenvalue weighted by Gasteiger charge is -2.36. The molecular weight excluding hydrogens is 328 g/mol. The maximum Gasteiger partial charge on any atom is 0.219 e. The van der Waals surface area contributed by atoms with Crippen LogP contribution in [0.3, 0.4) is 0 Å². The fourth-order valence-electron chi connectivity index (χ4n) is 4.21. The van der Waals surface area contributed by atoms with Crippen LogP contribution in [-0.4, -0.2) is 58.5 Å². The Kier molecular flexibility index (Phi) is 5.31. The number of fused-ring (bicyclic) bond motifs is 1. The molecule has 0 aromatic carbocycles. The molecule has 1 aromatic heterocycles. The lowest BCUT2D eigenvalue weighted by molar-refractivity contribution is -0.129. The van der Waals surface area contributed by atoms with Gasteiger partial charge < -0.3 is 9.64 Å². The molecule has 0 bridgehead atoms. The molecule has 0 aliphatic carbocycles. The quantitative estimate of drug-likeness (QED) is 0.778. The summed E-state index contributed by atoms with van der Waals surface area (Å²) in [6.07, 6.45) is 9.72. The van der Waals surface area contributed by atoms with Crippen molar-refractivity contribution in [3.05, 3.63) is 34.9 Å². The van der Waals surface area contributed by atoms with Crippen molar-refractivity contribution in [2.45, 2.75) is 51.6 Å². The van der Waals surface area contributed by atoms with Gasteiger partial charge >= 0.3 is 0 Å². The van der Waals surface area contributed by atoms with E-state index in [9.17, 15) is 4.79 Å². The predicted molar refractivity (Wildman–Crippen MR) is 98.5 cm³/mol. The van der Waals surface area contributed by atoms with Gasteiger partial charge in [-0.1, -0.05) is 12.5 Å². The van der Waals surface area contributed by atoms with Crippen molar-refractivity contribution in [2.75, 3.05) is 32.8 Å². The lowest BCUT2D eigenvalue weighted by atomic mass is 9.99. The number of piperidine rings is 1. The molecule has 1 atom stereocenters. The van der Waals surface area contributed by atoms with E-state index in [4.69, 9.17) is 14.7 Å². The molecule has 1 aromatic rings. The van der Waals surface area contributed by atoms with Gasteiger partial charge in [0, 0.05) is 44.7 Å². The molecule has 3 aliphatic heterocycles. The highest BCUT2D eigenvalue weighted by molar-refractivity contribution is 5.73. The third-order valence-corrected chi connectivity index (χ3v) is 5.70. The zero-order valence-electron chi connectivity index (χ0n) is 15.6. The van der Waals surface area contributed by atoms with Crippen molar-refractivity contribution in [3.63, 3.8) is 0 Å². The van der Waals surface area contributed by atoms with Crippen molar-refractivity contribution in [1.82, 2.24) is 19.8 Å². The maximum atomic E-state index is 11.6. The van der Waals surface area contributed by atoms with Crippen LogP contribution in [0.1, 0.15) is 55.7 Å². The van der Waals surface area contributed by atoms with Crippen LogP contribution in [0, 0.1) is 0 Å². The summed E-state index contributed by atoms with van der Waals surface area (Å²) in [5, 5.41) is 0. The number of carbonyl (C=O) groups excluding carboxylic acids is 1. The summed E-state index contributed by atoms with van der Waals surface area (Å²) < 4.78 is 5.61. The average molecular weight is 356 g/mol. The highest BCUT2D eigenvalue weighted by Gasteiger charge is 2.28. The first-order valence-electron chi connectivity index (χ1n) is 9.80. The molecule has 0 saturated carbocycles. The third-order valence-electron chi connectivity index (χ3n) is 5.70. The molecule has 1 fully saturated rings. The fraction of sp³-hybridized carbons (Fsp3) is 0.650. The molecule has 0 N–H and O–H groups in total. The second-order valence-electron chi connectivity index (χ2n) is 7.58. The van der Waals surface area contributed by atoms with Crippen molar-refractivity contribution in [1.29, 1.82) is 0 Å². The Balaban J connectivity index is 1.51. The molecule has 4 rings (SSSR count). The number of carbonyl (C=O) groups is 1. The van der Waals surface area contributed by atoms with Crippen LogP contribution >= 0.6 is 0 Å². The molecule has 1 amide bonds. The van der Waals surface area contributed by atoms with Crippen molar-refractivity contribution < 1.29 is 9.53 Å². The van der Waals surface area contributed by atoms with Gasteiger partial charge in [0.15, 0.2) is 0 Å². The van der Waals surface area contributed by atoms with Gasteiger partial charge in [-0.3, -0.25) is 9.69 Å². The highest BCUT2D eigenvalue weighted by Crippen LogP contribution is 2.30. The van der Waals surface area contributed by atoms with Crippen LogP contribution in [-0.2, 0) is 22.5 Å². The molecule has 1 unspecified atom stereocenters. The minimum absolute atomic E-state index is 0.126. The summed E-state index contributed by atoms with van der Waals surface area (Å²) in [6, 6.07) is 0.294. The van der Waals surface area contributed by atoms with E-state index in [1.54, 1.807) is 6.92 Å². The Morgan fingerprint density at radius 3 is 3.08 bits per heavy atom. The molecule has 0 spiro atoms. The van der Waals surface area contributed by atoms with E-state index >= 15 is 0 Å². The van der Waals surface area contributed by atoms with Gasteiger partial charge in [-0.15, -0.1) is 0 Å². The number of rotatable bonds is 3. The first kappa shape index (κ1) is 17.6. The second-order valence-corrected chi connectivity index (χ2v) is 7.58. The summed E-state index contributed by atoms with van der Waals surface area (Å²) in [5.74, 6) is 1.08. The number of hydrogen-bond acceptors (Lipinski definition) is 5. The molecule has 140 valence electrons. The standard InChI is InChI=1S/C20H28N4O2/c1-15(25)23-9-7-18-17(13-23)11-21-20(22-18)19-6-2-3-8-24(19)12-16-5-4-10-26-14-16/h5,11,19H,2-4,6-10,12-14H2,1H3. The smallest absolute Gasteiger partial charge is 0.219 e. The zero-order valence-corrected chi connectivity index (χ0v) is 15.6. The normalized spacial score (nSPS) is 24.1. The van der Waals surface area contributed by atoms with Crippen LogP contribution in [0.25, 0.3) is 0 Å². The fourth-order valence-corrected chi connectivity index (χ4v) is 4.21. The zero-order chi connectivity index (χ0) is 17.9. The summed E-state index contributed by atoms with van der Waals surface area (Å²) in [6.45, 7) is 6.70. The SMILES string of the molecule is CC(=O)N1CCc2nc(C3CCCCN3CC3=CCCOC3)ncc2C1. The first-order chi connectivity index (χ1) is 12.7. The number of likely N-dealkylation sites (tertiary alicyclic amines) is 1. The van der Waals surface area contributed by atoms with E-state index in [0.717, 1.165) is 69.2 Å². The van der Waals surface area contributed by atoms with Gasteiger partial charge in [0.25, 0.3) is 0 Å². The average Bonchev–Trinajstić information content (AvgIpc) is 2.68. The van der Waals surface area contributed by atoms with Crippen LogP contribution in [0.15, 0.2) is 17.8 Å². The van der Waals surface area contributed by atoms with E-state index in [2.05, 4.69) is 11.0 Å². The molecule has 0 radical (unpaired) electrons. The summed E-state index contributed by atoms with van der Waals surface area (Å²) in [4.78, 5) is 25.7. The van der Waals surface area contributed by atoms with Crippen LogP contribution in [0.4, 0.5) is 0 Å². The lowest BCUT2D eigenvalue weighted by Crippen LogP contribution is -2.38. The van der Waals surface area contributed by atoms with E-state index in [1.807, 2.05) is 11.1 Å². The number of hydrogen-bond donors (Lipinski definition) is 0. The number of ether oxygens (including phenoxy) is 1. The van der Waals surface area contributed by atoms with Gasteiger partial charge in [0.1, 0.15) is 5.82 Å². The van der Waals surface area contributed by atoms with Crippen LogP contribution in [0.2, 0.25) is 0 Å². The Labute approximate surface area is 155 Å². The molecule has 26 heavy (non-hydrogen) atoms. The second kappa shape index (κ2) is 7.84. The van der Waals surface area contributed by atoms with Crippen LogP contribution in [0.5, 0.6) is 0 Å². The molecular formula is C20H28N4O2. The number of nitrogens with zero attached hydrogens (tertiary/aromatic N) is 4. The van der Waals surface area contributed by atoms with E-state index in [0.29, 0.717) is 12.6 Å². The molecule has 6 nitrogen and oxygen atoms in total. The van der Waals surface area contributed by atoms with Gasteiger partial charge in [0.2, 0.25) is 5.91 Å². The van der Waals surface area contributed by atoms with E-state index < -0.39 is 0 Å². The monoisotopic (exact) mass is 356 g/mol. The van der Waals surface area contributed by atoms with Crippen LogP contribution < -0.4 is 0 Å². The predicted octanol–water partition coefficient (Wildman–Crippen LogP) is 2.25. The molecule has 4 heterocycles. The first-order valence-corrected chi connectivity index (χ1v) is 9.80. The molecule has 6 heteroatoms. The van der Waals surface area contributed by atoms with Crippen molar-refractivity contribution >= 4 is 5.91 Å². The number of aromatic nitrogens is 2. The van der Waals surface area contributed by atoms with Gasteiger partial charge in [0.05, 0.1) is 24.9 Å². The Morgan fingerprint density at radius 1 is 1.35 bits per heavy atom. The summed E-state index contributed by atoms with van der Waals surface area (Å²) >= 11 is 0. The van der Waals surface area contributed by atoms with Crippen molar-refractivity contribution in [2.24, 2.45) is 0 Å². The van der Waals surface area contributed by atoms with Gasteiger partial charge in [-0.2, -0.15) is 0 Å². The minimum Gasteiger partial charge on any atom is -0.377 e. The Bertz CT molecular complexity index is 703. The largest absolute Gasteiger partial charge is 0.377 e. The Morgan fingerprint density at radius 2 is 2.27 bits per heavy atom. The minimum atomic E-state index is 0.126. The summed E-state index contributed by atoms with van der Waals surface area (Å²) in [5.41, 5.74) is 3.61. The van der Waals surface area contributed by atoms with Gasteiger partial charge in [-0.25, -0.2) is 9.97 Å². The van der Waals surface area contributed by atoms with Gasteiger partial charge in [-0.05, 0) is 31.4 Å². The van der Waals surface area contributed by atoms with Crippen molar-refractivity contribution in [3.8, 4) is 0 Å².